The number of hydrogen-bond acceptors (Lipinski definition) is 6. The molecule has 0 fully saturated rings. The van der Waals surface area contributed by atoms with Crippen LogP contribution in [0.3, 0.4) is 0 Å². The summed E-state index contributed by atoms with van der Waals surface area (Å²) in [5.74, 6) is 1.14. The smallest absolute Gasteiger partial charge is 0.227 e. The lowest BCUT2D eigenvalue weighted by atomic mass is 10.1. The van der Waals surface area contributed by atoms with Crippen LogP contribution in [0.1, 0.15) is 0 Å². The van der Waals surface area contributed by atoms with Gasteiger partial charge in [0.05, 0.1) is 33.5 Å². The lowest BCUT2D eigenvalue weighted by Crippen LogP contribution is -1.93. The molecule has 0 saturated carbocycles. The molecule has 0 N–H and O–H groups in total. The Morgan fingerprint density at radius 1 is 0.309 bits per heavy atom. The topological polar surface area (TPSA) is 87.7 Å². The summed E-state index contributed by atoms with van der Waals surface area (Å²) in [6, 6.07) is 71.4. The maximum Gasteiger partial charge on any atom is 0.227 e. The van der Waals surface area contributed by atoms with E-state index in [9.17, 15) is 0 Å². The minimum Gasteiger partial charge on any atom is -0.436 e. The van der Waals surface area contributed by atoms with Crippen LogP contribution in [0.25, 0.3) is 134 Å². The maximum absolute atomic E-state index is 6.44. The van der Waals surface area contributed by atoms with Gasteiger partial charge in [0.25, 0.3) is 0 Å². The number of benzene rings is 8. The van der Waals surface area contributed by atoms with Gasteiger partial charge in [-0.05, 0) is 145 Å². The van der Waals surface area contributed by atoms with E-state index in [2.05, 4.69) is 165 Å². The van der Waals surface area contributed by atoms with E-state index in [1.165, 1.54) is 21.5 Å². The number of rotatable bonds is 7. The first-order chi connectivity index (χ1) is 33.7. The molecule has 14 rings (SSSR count). The van der Waals surface area contributed by atoms with Crippen molar-refractivity contribution in [1.82, 2.24) is 29.1 Å². The number of aromatic nitrogens is 6. The number of para-hydroxylation sites is 2. The van der Waals surface area contributed by atoms with Crippen molar-refractivity contribution in [2.24, 2.45) is 0 Å². The Morgan fingerprint density at radius 2 is 0.706 bits per heavy atom. The fourth-order valence-electron chi connectivity index (χ4n) is 9.85. The van der Waals surface area contributed by atoms with E-state index >= 15 is 0 Å². The molecule has 8 heteroatoms. The van der Waals surface area contributed by atoms with E-state index in [-0.39, 0.29) is 0 Å². The molecule has 0 unspecified atom stereocenters. The molecule has 0 bridgehead atoms. The molecule has 0 amide bonds. The Morgan fingerprint density at radius 3 is 1.15 bits per heavy atom. The average molecular weight is 873 g/mol. The molecule has 318 valence electrons. The quantitative estimate of drug-likeness (QED) is 0.158. The van der Waals surface area contributed by atoms with E-state index in [4.69, 9.17) is 18.8 Å². The summed E-state index contributed by atoms with van der Waals surface area (Å²) in [7, 11) is 0. The van der Waals surface area contributed by atoms with Crippen LogP contribution in [0.4, 0.5) is 0 Å². The lowest BCUT2D eigenvalue weighted by Gasteiger charge is -2.09. The standard InChI is InChI=1S/C60H36N6O2/c1-3-13-53-45(9-1)47-33-41(49-11-5-7-31-61-49)21-29-55(47)65(53)43-23-15-37(16-24-43)59-63-51-27-19-39(35-57(51)67-59)40-20-28-52-58(36-40)68-60(64-52)38-17-25-44(26-18-38)66-54-14-4-2-10-46(54)48-34-42(22-30-56(48)66)50-12-6-8-32-62-50/h1-36H. The molecule has 8 aromatic carbocycles. The van der Waals surface area contributed by atoms with Crippen molar-refractivity contribution in [2.45, 2.75) is 0 Å². The van der Waals surface area contributed by atoms with Crippen molar-refractivity contribution < 1.29 is 8.83 Å². The van der Waals surface area contributed by atoms with Gasteiger partial charge in [0.15, 0.2) is 11.2 Å². The van der Waals surface area contributed by atoms with Gasteiger partial charge >= 0.3 is 0 Å². The number of nitrogens with zero attached hydrogens (tertiary/aromatic N) is 6. The summed E-state index contributed by atoms with van der Waals surface area (Å²) in [5, 5.41) is 4.76. The van der Waals surface area contributed by atoms with Crippen LogP contribution < -0.4 is 0 Å². The summed E-state index contributed by atoms with van der Waals surface area (Å²) >= 11 is 0. The van der Waals surface area contributed by atoms with Crippen LogP contribution in [0, 0.1) is 0 Å². The zero-order chi connectivity index (χ0) is 44.7. The average Bonchev–Trinajstić information content (AvgIpc) is 4.19. The first kappa shape index (κ1) is 37.9. The Labute approximate surface area is 388 Å². The van der Waals surface area contributed by atoms with Crippen LogP contribution in [0.5, 0.6) is 0 Å². The van der Waals surface area contributed by atoms with Crippen molar-refractivity contribution in [2.75, 3.05) is 0 Å². The van der Waals surface area contributed by atoms with Gasteiger partial charge in [-0.25, -0.2) is 9.97 Å². The van der Waals surface area contributed by atoms with E-state index in [1.807, 2.05) is 73.1 Å². The van der Waals surface area contributed by atoms with Gasteiger partial charge in [0.2, 0.25) is 11.8 Å². The fraction of sp³-hybridized carbons (Fsp3) is 0. The molecule has 0 aliphatic carbocycles. The predicted molar refractivity (Wildman–Crippen MR) is 273 cm³/mol. The monoisotopic (exact) mass is 872 g/mol. The van der Waals surface area contributed by atoms with E-state index in [0.717, 1.165) is 89.2 Å². The predicted octanol–water partition coefficient (Wildman–Crippen LogP) is 15.3. The van der Waals surface area contributed by atoms with Gasteiger partial charge in [0.1, 0.15) is 11.0 Å². The molecular weight excluding hydrogens is 837 g/mol. The Kier molecular flexibility index (Phi) is 8.41. The van der Waals surface area contributed by atoms with Gasteiger partial charge in [-0.2, -0.15) is 0 Å². The highest BCUT2D eigenvalue weighted by Crippen LogP contribution is 2.38. The molecular formula is C60H36N6O2. The highest BCUT2D eigenvalue weighted by atomic mass is 16.4. The SMILES string of the molecule is c1ccc(-c2ccc3c(c2)c2ccccc2n3-c2ccc(-c3nc4ccc(-c5ccc6nc(-c7ccc(-n8c9ccccc9c9cc(-c%10ccccn%10)ccc98)cc7)oc6c5)cc4o3)cc2)nc1. The second-order valence-corrected chi connectivity index (χ2v) is 17.1. The van der Waals surface area contributed by atoms with Crippen LogP contribution in [0.2, 0.25) is 0 Å². The van der Waals surface area contributed by atoms with Crippen LogP contribution in [0.15, 0.2) is 227 Å². The Hall–Kier alpha value is -9.40. The zero-order valence-corrected chi connectivity index (χ0v) is 36.3. The molecule has 0 aliphatic heterocycles. The summed E-state index contributed by atoms with van der Waals surface area (Å²) in [4.78, 5) is 19.0. The third-order valence-electron chi connectivity index (χ3n) is 13.1. The molecule has 14 aromatic rings. The molecule has 0 saturated heterocycles. The highest BCUT2D eigenvalue weighted by Gasteiger charge is 2.18. The molecule has 0 aliphatic rings. The summed E-state index contributed by atoms with van der Waals surface area (Å²) in [6.07, 6.45) is 3.67. The first-order valence-corrected chi connectivity index (χ1v) is 22.6. The summed E-state index contributed by atoms with van der Waals surface area (Å²) < 4.78 is 17.5. The van der Waals surface area contributed by atoms with Gasteiger partial charge < -0.3 is 18.0 Å². The Bertz CT molecular complexity index is 3970. The van der Waals surface area contributed by atoms with Gasteiger partial charge in [-0.1, -0.05) is 72.8 Å². The lowest BCUT2D eigenvalue weighted by molar-refractivity contribution is 0.619. The molecule has 6 heterocycles. The molecule has 68 heavy (non-hydrogen) atoms. The van der Waals surface area contributed by atoms with E-state index < -0.39 is 0 Å². The van der Waals surface area contributed by atoms with Gasteiger partial charge in [-0.15, -0.1) is 0 Å². The van der Waals surface area contributed by atoms with Crippen LogP contribution >= 0.6 is 0 Å². The number of fused-ring (bicyclic) bond motifs is 8. The largest absolute Gasteiger partial charge is 0.436 e. The molecule has 0 radical (unpaired) electrons. The first-order valence-electron chi connectivity index (χ1n) is 22.6. The number of oxazole rings is 2. The molecule has 0 spiro atoms. The van der Waals surface area contributed by atoms with E-state index in [1.54, 1.807) is 0 Å². The maximum atomic E-state index is 6.44. The second kappa shape index (κ2) is 15.1. The normalized spacial score (nSPS) is 11.8. The fourth-order valence-corrected chi connectivity index (χ4v) is 9.85. The summed E-state index contributed by atoms with van der Waals surface area (Å²) in [5.41, 5.74) is 17.6. The van der Waals surface area contributed by atoms with Crippen molar-refractivity contribution in [3.05, 3.63) is 219 Å². The van der Waals surface area contributed by atoms with Crippen molar-refractivity contribution in [3.63, 3.8) is 0 Å². The van der Waals surface area contributed by atoms with Crippen LogP contribution in [-0.2, 0) is 0 Å². The minimum atomic E-state index is 0.570. The van der Waals surface area contributed by atoms with Gasteiger partial charge in [-0.3, -0.25) is 9.97 Å². The van der Waals surface area contributed by atoms with E-state index in [0.29, 0.717) is 22.9 Å². The van der Waals surface area contributed by atoms with Crippen LogP contribution in [-0.4, -0.2) is 29.1 Å². The van der Waals surface area contributed by atoms with Crippen molar-refractivity contribution in [1.29, 1.82) is 0 Å². The number of hydrogen-bond donors (Lipinski definition) is 0. The summed E-state index contributed by atoms with van der Waals surface area (Å²) in [6.45, 7) is 0. The zero-order valence-electron chi connectivity index (χ0n) is 36.3. The highest BCUT2D eigenvalue weighted by molar-refractivity contribution is 6.11. The van der Waals surface area contributed by atoms with Crippen molar-refractivity contribution in [3.8, 4) is 67.9 Å². The second-order valence-electron chi connectivity index (χ2n) is 17.1. The van der Waals surface area contributed by atoms with Gasteiger partial charge in [0, 0.05) is 67.6 Å². The Balaban J connectivity index is 0.738. The number of pyridine rings is 2. The third-order valence-corrected chi connectivity index (χ3v) is 13.1. The van der Waals surface area contributed by atoms with Crippen molar-refractivity contribution >= 4 is 65.8 Å². The molecule has 6 aromatic heterocycles. The molecule has 0 atom stereocenters. The minimum absolute atomic E-state index is 0.570. The third kappa shape index (κ3) is 6.16. The molecule has 8 nitrogen and oxygen atoms in total.